The summed E-state index contributed by atoms with van der Waals surface area (Å²) >= 11 is 5.97. The minimum absolute atomic E-state index is 0.000715. The lowest BCUT2D eigenvalue weighted by Crippen LogP contribution is -2.40. The molecule has 2 amide bonds. The maximum absolute atomic E-state index is 12.8. The van der Waals surface area contributed by atoms with Crippen LogP contribution in [-0.4, -0.2) is 23.4 Å². The third kappa shape index (κ3) is 1.84. The van der Waals surface area contributed by atoms with Crippen molar-refractivity contribution in [3.8, 4) is 0 Å². The first-order chi connectivity index (χ1) is 11.1. The Kier molecular flexibility index (Phi) is 2.72. The van der Waals surface area contributed by atoms with Crippen molar-refractivity contribution >= 4 is 29.1 Å². The smallest absolute Gasteiger partial charge is 0.235 e. The molecule has 1 aromatic rings. The summed E-state index contributed by atoms with van der Waals surface area (Å²) in [5.41, 5.74) is 0.817. The van der Waals surface area contributed by atoms with E-state index in [1.54, 1.807) is 12.1 Å². The molecule has 4 nitrogen and oxygen atoms in total. The van der Waals surface area contributed by atoms with Gasteiger partial charge >= 0.3 is 0 Å². The maximum Gasteiger partial charge on any atom is 0.235 e. The largest absolute Gasteiger partial charge is 0.367 e. The zero-order chi connectivity index (χ0) is 15.7. The van der Waals surface area contributed by atoms with Gasteiger partial charge in [-0.05, 0) is 48.3 Å². The van der Waals surface area contributed by atoms with E-state index in [0.717, 1.165) is 5.69 Å². The topological polar surface area (TPSA) is 49.4 Å². The van der Waals surface area contributed by atoms with Gasteiger partial charge in [0.15, 0.2) is 0 Å². The van der Waals surface area contributed by atoms with Crippen LogP contribution in [-0.2, 0) is 9.59 Å². The monoisotopic (exact) mass is 328 g/mol. The molecular formula is C18H17ClN2O2. The third-order valence-corrected chi connectivity index (χ3v) is 6.26. The van der Waals surface area contributed by atoms with Gasteiger partial charge in [-0.2, -0.15) is 0 Å². The van der Waals surface area contributed by atoms with Crippen molar-refractivity contribution in [3.05, 3.63) is 41.4 Å². The quantitative estimate of drug-likeness (QED) is 0.685. The molecule has 3 fully saturated rings. The van der Waals surface area contributed by atoms with Gasteiger partial charge in [-0.3, -0.25) is 14.5 Å². The number of benzene rings is 1. The summed E-state index contributed by atoms with van der Waals surface area (Å²) in [7, 11) is 0. The van der Waals surface area contributed by atoms with Crippen molar-refractivity contribution in [3.63, 3.8) is 0 Å². The number of hydrogen-bond acceptors (Lipinski definition) is 3. The molecule has 6 rings (SSSR count). The molecule has 118 valence electrons. The van der Waals surface area contributed by atoms with Gasteiger partial charge in [0.1, 0.15) is 0 Å². The van der Waals surface area contributed by atoms with Crippen LogP contribution >= 0.6 is 11.6 Å². The van der Waals surface area contributed by atoms with Crippen LogP contribution in [0.2, 0.25) is 5.02 Å². The number of halogens is 1. The van der Waals surface area contributed by atoms with Gasteiger partial charge < -0.3 is 5.32 Å². The maximum atomic E-state index is 12.8. The fourth-order valence-electron chi connectivity index (χ4n) is 4.94. The molecule has 23 heavy (non-hydrogen) atoms. The van der Waals surface area contributed by atoms with Crippen molar-refractivity contribution in [2.75, 3.05) is 12.0 Å². The number of nitrogens with zero attached hydrogens (tertiary/aromatic N) is 1. The molecule has 2 bridgehead atoms. The number of carbonyl (C=O) groups excluding carboxylic acids is 2. The Bertz CT molecular complexity index is 710. The van der Waals surface area contributed by atoms with Crippen LogP contribution in [0.5, 0.6) is 0 Å². The molecule has 1 aliphatic heterocycles. The number of imide groups is 1. The van der Waals surface area contributed by atoms with E-state index in [1.165, 1.54) is 11.3 Å². The van der Waals surface area contributed by atoms with E-state index < -0.39 is 0 Å². The van der Waals surface area contributed by atoms with E-state index in [4.69, 9.17) is 11.6 Å². The second kappa shape index (κ2) is 4.60. The first-order valence-electron chi connectivity index (χ1n) is 8.18. The Hall–Kier alpha value is -1.81. The minimum Gasteiger partial charge on any atom is -0.367 e. The third-order valence-electron chi connectivity index (χ3n) is 6.02. The molecule has 1 N–H and O–H groups in total. The predicted octanol–water partition coefficient (Wildman–Crippen LogP) is 2.76. The normalized spacial score (nSPS) is 39.4. The zero-order valence-corrected chi connectivity index (χ0v) is 13.2. The summed E-state index contributed by atoms with van der Waals surface area (Å²) in [5.74, 6) is 1.60. The summed E-state index contributed by atoms with van der Waals surface area (Å²) in [6.45, 7) is 0.222. The lowest BCUT2D eigenvalue weighted by molar-refractivity contribution is -0.139. The summed E-state index contributed by atoms with van der Waals surface area (Å²) in [5, 5.41) is 3.78. The second-order valence-corrected chi connectivity index (χ2v) is 7.54. The molecule has 5 heteroatoms. The second-order valence-electron chi connectivity index (χ2n) is 7.10. The average molecular weight is 329 g/mol. The van der Waals surface area contributed by atoms with Crippen molar-refractivity contribution in [2.45, 2.75) is 6.42 Å². The lowest BCUT2D eigenvalue weighted by Gasteiger charge is -2.37. The number of carbonyl (C=O) groups is 2. The molecule has 1 heterocycles. The van der Waals surface area contributed by atoms with E-state index in [-0.39, 0.29) is 42.2 Å². The summed E-state index contributed by atoms with van der Waals surface area (Å²) in [4.78, 5) is 27.0. The van der Waals surface area contributed by atoms with E-state index in [9.17, 15) is 9.59 Å². The van der Waals surface area contributed by atoms with Gasteiger partial charge in [0, 0.05) is 10.7 Å². The molecule has 1 aromatic carbocycles. The minimum atomic E-state index is -0.123. The summed E-state index contributed by atoms with van der Waals surface area (Å²) in [6, 6.07) is 7.31. The van der Waals surface area contributed by atoms with Crippen LogP contribution in [0.15, 0.2) is 36.4 Å². The molecule has 0 unspecified atom stereocenters. The first kappa shape index (κ1) is 13.6. The number of hydrogen-bond donors (Lipinski definition) is 1. The molecule has 6 atom stereocenters. The van der Waals surface area contributed by atoms with Crippen molar-refractivity contribution in [1.82, 2.24) is 4.90 Å². The Morgan fingerprint density at radius 3 is 2.35 bits per heavy atom. The molecule has 4 aliphatic carbocycles. The molecule has 0 aromatic heterocycles. The van der Waals surface area contributed by atoms with Crippen molar-refractivity contribution < 1.29 is 9.59 Å². The first-order valence-corrected chi connectivity index (χ1v) is 8.56. The van der Waals surface area contributed by atoms with Crippen LogP contribution in [0.1, 0.15) is 6.42 Å². The van der Waals surface area contributed by atoms with Crippen molar-refractivity contribution in [1.29, 1.82) is 0 Å². The highest BCUT2D eigenvalue weighted by Crippen LogP contribution is 2.65. The highest BCUT2D eigenvalue weighted by Gasteiger charge is 2.66. The molecule has 2 saturated carbocycles. The highest BCUT2D eigenvalue weighted by atomic mass is 35.5. The molecule has 1 saturated heterocycles. The average Bonchev–Trinajstić information content (AvgIpc) is 3.32. The number of allylic oxidation sites excluding steroid dienone is 2. The Morgan fingerprint density at radius 1 is 1.09 bits per heavy atom. The highest BCUT2D eigenvalue weighted by molar-refractivity contribution is 6.30. The number of amides is 2. The van der Waals surface area contributed by atoms with Gasteiger partial charge in [0.05, 0.1) is 18.5 Å². The Labute approximate surface area is 139 Å². The standard InChI is InChI=1S/C18H17ClN2O2/c19-9-2-1-3-10(6-9)20-8-21-17(22)15-11-4-5-12(14-7-13(11)14)16(15)18(21)23/h1-6,11-16,20H,7-8H2/t11-,12-,13-,14-,15-,16+/m1/s1. The molecule has 0 spiro atoms. The zero-order valence-electron chi connectivity index (χ0n) is 12.5. The van der Waals surface area contributed by atoms with Gasteiger partial charge in [0.25, 0.3) is 0 Å². The van der Waals surface area contributed by atoms with Crippen LogP contribution in [0.4, 0.5) is 5.69 Å². The van der Waals surface area contributed by atoms with Gasteiger partial charge in [-0.1, -0.05) is 29.8 Å². The SMILES string of the molecule is O=C1[C@@H]2[C@@H]3C=C[C@H]([C@H]4C[C@H]34)[C@@H]2C(=O)N1CNc1cccc(Cl)c1. The Balaban J connectivity index is 1.37. The summed E-state index contributed by atoms with van der Waals surface area (Å²) < 4.78 is 0. The van der Waals surface area contributed by atoms with Crippen LogP contribution in [0, 0.1) is 35.5 Å². The van der Waals surface area contributed by atoms with Gasteiger partial charge in [-0.25, -0.2) is 0 Å². The van der Waals surface area contributed by atoms with Gasteiger partial charge in [0.2, 0.25) is 11.8 Å². The van der Waals surface area contributed by atoms with E-state index in [0.29, 0.717) is 16.9 Å². The van der Waals surface area contributed by atoms with Gasteiger partial charge in [-0.15, -0.1) is 0 Å². The fourth-order valence-corrected chi connectivity index (χ4v) is 5.13. The number of likely N-dealkylation sites (tertiary alicyclic amines) is 1. The number of anilines is 1. The van der Waals surface area contributed by atoms with Crippen molar-refractivity contribution in [2.24, 2.45) is 35.5 Å². The number of nitrogens with one attached hydrogen (secondary N) is 1. The fraction of sp³-hybridized carbons (Fsp3) is 0.444. The lowest BCUT2D eigenvalue weighted by atomic mass is 9.63. The van der Waals surface area contributed by atoms with E-state index in [2.05, 4.69) is 17.5 Å². The molecule has 0 radical (unpaired) electrons. The van der Waals surface area contributed by atoms with Crippen LogP contribution in [0.25, 0.3) is 0 Å². The predicted molar refractivity (Wildman–Crippen MR) is 86.5 cm³/mol. The molecular weight excluding hydrogens is 312 g/mol. The van der Waals surface area contributed by atoms with Crippen LogP contribution in [0.3, 0.4) is 0 Å². The van der Waals surface area contributed by atoms with E-state index >= 15 is 0 Å². The van der Waals surface area contributed by atoms with E-state index in [1.807, 2.05) is 12.1 Å². The molecule has 5 aliphatic rings. The van der Waals surface area contributed by atoms with Crippen LogP contribution < -0.4 is 5.32 Å². The Morgan fingerprint density at radius 2 is 1.74 bits per heavy atom. The summed E-state index contributed by atoms with van der Waals surface area (Å²) in [6.07, 6.45) is 5.58. The number of rotatable bonds is 3.